The van der Waals surface area contributed by atoms with Gasteiger partial charge in [-0.25, -0.2) is 8.42 Å². The summed E-state index contributed by atoms with van der Waals surface area (Å²) < 4.78 is 27.4. The Labute approximate surface area is 154 Å². The molecular weight excluding hydrogens is 350 g/mol. The van der Waals surface area contributed by atoms with E-state index in [4.69, 9.17) is 0 Å². The van der Waals surface area contributed by atoms with Crippen molar-refractivity contribution in [2.45, 2.75) is 45.4 Å². The van der Waals surface area contributed by atoms with Crippen molar-refractivity contribution >= 4 is 21.6 Å². The molecule has 0 atom stereocenters. The smallest absolute Gasteiger partial charge is 0.272 e. The largest absolute Gasteiger partial charge is 0.353 e. The first-order valence-electron chi connectivity index (χ1n) is 8.79. The summed E-state index contributed by atoms with van der Waals surface area (Å²) in [5.74, 6) is -0.331. The molecular formula is C19H25N3O3S. The predicted molar refractivity (Wildman–Crippen MR) is 102 cm³/mol. The monoisotopic (exact) mass is 375 g/mol. The Kier molecular flexibility index (Phi) is 4.94. The van der Waals surface area contributed by atoms with Crippen LogP contribution in [0.15, 0.2) is 23.1 Å². The van der Waals surface area contributed by atoms with E-state index in [1.165, 1.54) is 4.31 Å². The minimum atomic E-state index is -3.58. The van der Waals surface area contributed by atoms with Gasteiger partial charge in [-0.1, -0.05) is 12.1 Å². The molecule has 0 aliphatic carbocycles. The van der Waals surface area contributed by atoms with Crippen LogP contribution >= 0.6 is 0 Å². The van der Waals surface area contributed by atoms with Crippen molar-refractivity contribution < 1.29 is 13.2 Å². The number of hydrogen-bond donors (Lipinski definition) is 2. The number of hydrogen-bond acceptors (Lipinski definition) is 3. The number of nitrogens with one attached hydrogen (secondary N) is 2. The van der Waals surface area contributed by atoms with Gasteiger partial charge in [-0.15, -0.1) is 0 Å². The van der Waals surface area contributed by atoms with Crippen LogP contribution in [-0.2, 0) is 10.0 Å². The van der Waals surface area contributed by atoms with Gasteiger partial charge in [0, 0.05) is 24.5 Å². The van der Waals surface area contributed by atoms with Crippen molar-refractivity contribution in [1.29, 1.82) is 0 Å². The third-order valence-electron chi connectivity index (χ3n) is 4.90. The number of aryl methyl sites for hydroxylation is 3. The molecule has 0 radical (unpaired) electrons. The highest BCUT2D eigenvalue weighted by Crippen LogP contribution is 2.29. The predicted octanol–water partition coefficient (Wildman–Crippen LogP) is 3.29. The molecule has 2 heterocycles. The first-order valence-corrected chi connectivity index (χ1v) is 10.2. The van der Waals surface area contributed by atoms with Crippen molar-refractivity contribution in [2.75, 3.05) is 18.4 Å². The van der Waals surface area contributed by atoms with Crippen LogP contribution in [0, 0.1) is 27.7 Å². The highest BCUT2D eigenvalue weighted by atomic mass is 32.2. The topological polar surface area (TPSA) is 82.3 Å². The first-order chi connectivity index (χ1) is 12.2. The zero-order valence-corrected chi connectivity index (χ0v) is 16.5. The second-order valence-electron chi connectivity index (χ2n) is 6.96. The van der Waals surface area contributed by atoms with Crippen LogP contribution in [0.1, 0.15) is 45.7 Å². The van der Waals surface area contributed by atoms with Gasteiger partial charge in [-0.05, 0) is 63.3 Å². The fourth-order valence-corrected chi connectivity index (χ4v) is 5.38. The molecule has 7 heteroatoms. The average Bonchev–Trinajstić information content (AvgIpc) is 3.19. The Hall–Kier alpha value is -2.12. The minimum Gasteiger partial charge on any atom is -0.353 e. The van der Waals surface area contributed by atoms with Gasteiger partial charge >= 0.3 is 0 Å². The van der Waals surface area contributed by atoms with Crippen LogP contribution < -0.4 is 5.32 Å². The van der Waals surface area contributed by atoms with E-state index in [1.54, 1.807) is 13.8 Å². The van der Waals surface area contributed by atoms with Gasteiger partial charge in [0.15, 0.2) is 0 Å². The number of aromatic amines is 1. The summed E-state index contributed by atoms with van der Waals surface area (Å²) >= 11 is 0. The molecule has 1 aromatic carbocycles. The Morgan fingerprint density at radius 3 is 2.42 bits per heavy atom. The number of H-pyrrole nitrogens is 1. The normalized spacial score (nSPS) is 15.4. The first kappa shape index (κ1) is 18.7. The van der Waals surface area contributed by atoms with Crippen molar-refractivity contribution in [1.82, 2.24) is 9.29 Å². The third-order valence-corrected chi connectivity index (χ3v) is 7.07. The Bertz CT molecular complexity index is 955. The van der Waals surface area contributed by atoms with E-state index >= 15 is 0 Å². The van der Waals surface area contributed by atoms with Gasteiger partial charge in [0.25, 0.3) is 5.91 Å². The van der Waals surface area contributed by atoms with E-state index < -0.39 is 10.0 Å². The molecule has 1 aliphatic rings. The molecule has 0 spiro atoms. The summed E-state index contributed by atoms with van der Waals surface area (Å²) in [6.07, 6.45) is 1.75. The van der Waals surface area contributed by atoms with Crippen molar-refractivity contribution in [3.8, 4) is 0 Å². The van der Waals surface area contributed by atoms with Gasteiger partial charge in [0.1, 0.15) is 10.6 Å². The molecule has 1 saturated heterocycles. The van der Waals surface area contributed by atoms with Crippen LogP contribution in [0.3, 0.4) is 0 Å². The maximum Gasteiger partial charge on any atom is 0.272 e. The lowest BCUT2D eigenvalue weighted by molar-refractivity contribution is 0.102. The number of carbonyl (C=O) groups is 1. The van der Waals surface area contributed by atoms with Crippen LogP contribution in [0.4, 0.5) is 5.69 Å². The summed E-state index contributed by atoms with van der Waals surface area (Å²) in [6.45, 7) is 8.34. The van der Waals surface area contributed by atoms with Gasteiger partial charge in [-0.2, -0.15) is 4.31 Å². The lowest BCUT2D eigenvalue weighted by Gasteiger charge is -2.16. The Morgan fingerprint density at radius 1 is 1.12 bits per heavy atom. The molecule has 140 valence electrons. The number of amides is 1. The average molecular weight is 375 g/mol. The summed E-state index contributed by atoms with van der Waals surface area (Å²) in [5, 5.41) is 2.89. The van der Waals surface area contributed by atoms with Gasteiger partial charge in [0.2, 0.25) is 10.0 Å². The second kappa shape index (κ2) is 6.89. The maximum absolute atomic E-state index is 12.9. The van der Waals surface area contributed by atoms with Crippen LogP contribution in [0.2, 0.25) is 0 Å². The van der Waals surface area contributed by atoms with Crippen molar-refractivity contribution in [3.63, 3.8) is 0 Å². The molecule has 1 aliphatic heterocycles. The minimum absolute atomic E-state index is 0.227. The molecule has 26 heavy (non-hydrogen) atoms. The fourth-order valence-electron chi connectivity index (χ4n) is 3.46. The molecule has 6 nitrogen and oxygen atoms in total. The summed E-state index contributed by atoms with van der Waals surface area (Å²) in [4.78, 5) is 16.0. The molecule has 3 rings (SSSR count). The maximum atomic E-state index is 12.9. The molecule has 1 aromatic heterocycles. The summed E-state index contributed by atoms with van der Waals surface area (Å²) in [5.41, 5.74) is 3.99. The van der Waals surface area contributed by atoms with E-state index in [0.29, 0.717) is 30.0 Å². The molecule has 0 unspecified atom stereocenters. The van der Waals surface area contributed by atoms with E-state index in [9.17, 15) is 13.2 Å². The summed E-state index contributed by atoms with van der Waals surface area (Å²) in [7, 11) is -3.58. The standard InChI is InChI=1S/C19H25N3O3S/c1-12-7-8-13(2)16(11-12)21-19(23)17-14(3)18(15(4)20-17)26(24,25)22-9-5-6-10-22/h7-8,11,20H,5-6,9-10H2,1-4H3,(H,21,23). The van der Waals surface area contributed by atoms with E-state index in [2.05, 4.69) is 10.3 Å². The Morgan fingerprint density at radius 2 is 1.77 bits per heavy atom. The van der Waals surface area contributed by atoms with Crippen molar-refractivity contribution in [3.05, 3.63) is 46.3 Å². The van der Waals surface area contributed by atoms with Crippen LogP contribution in [-0.4, -0.2) is 36.7 Å². The third kappa shape index (κ3) is 3.29. The molecule has 1 fully saturated rings. The number of anilines is 1. The molecule has 2 N–H and O–H groups in total. The number of aromatic nitrogens is 1. The van der Waals surface area contributed by atoms with Crippen LogP contribution in [0.5, 0.6) is 0 Å². The lowest BCUT2D eigenvalue weighted by atomic mass is 10.1. The molecule has 0 saturated carbocycles. The molecule has 0 bridgehead atoms. The lowest BCUT2D eigenvalue weighted by Crippen LogP contribution is -2.28. The van der Waals surface area contributed by atoms with E-state index in [-0.39, 0.29) is 10.8 Å². The SMILES string of the molecule is Cc1ccc(C)c(NC(=O)c2[nH]c(C)c(S(=O)(=O)N3CCCC3)c2C)c1. The van der Waals surface area contributed by atoms with Gasteiger partial charge in [-0.3, -0.25) is 4.79 Å². The number of nitrogens with zero attached hydrogens (tertiary/aromatic N) is 1. The van der Waals surface area contributed by atoms with Gasteiger partial charge < -0.3 is 10.3 Å². The zero-order chi connectivity index (χ0) is 19.1. The quantitative estimate of drug-likeness (QED) is 0.860. The van der Waals surface area contributed by atoms with Crippen molar-refractivity contribution in [2.24, 2.45) is 0 Å². The van der Waals surface area contributed by atoms with Crippen LogP contribution in [0.25, 0.3) is 0 Å². The van der Waals surface area contributed by atoms with E-state index in [0.717, 1.165) is 29.7 Å². The van der Waals surface area contributed by atoms with Gasteiger partial charge in [0.05, 0.1) is 0 Å². The zero-order valence-electron chi connectivity index (χ0n) is 15.6. The number of benzene rings is 1. The van der Waals surface area contributed by atoms with E-state index in [1.807, 2.05) is 32.0 Å². The number of sulfonamides is 1. The summed E-state index contributed by atoms with van der Waals surface area (Å²) in [6, 6.07) is 5.83. The highest BCUT2D eigenvalue weighted by molar-refractivity contribution is 7.89. The fraction of sp³-hybridized carbons (Fsp3) is 0.421. The molecule has 2 aromatic rings. The highest BCUT2D eigenvalue weighted by Gasteiger charge is 2.33. The second-order valence-corrected chi connectivity index (χ2v) is 8.84. The Balaban J connectivity index is 1.95. The molecule has 1 amide bonds. The number of rotatable bonds is 4. The number of carbonyl (C=O) groups excluding carboxylic acids is 1.